The Morgan fingerprint density at radius 1 is 1.47 bits per heavy atom. The fraction of sp³-hybridized carbons (Fsp3) is 0.385. The van der Waals surface area contributed by atoms with Gasteiger partial charge in [-0.1, -0.05) is 33.6 Å². The standard InChI is InChI=1S/C13H15BrClNO/c1-16-13(9-3-2-6-17-8-9)11-5-4-10(14)7-12(11)15/h4-5,7-8,13,16H,2-3,6H2,1H3. The van der Waals surface area contributed by atoms with Gasteiger partial charge >= 0.3 is 0 Å². The highest BCUT2D eigenvalue weighted by atomic mass is 79.9. The highest BCUT2D eigenvalue weighted by molar-refractivity contribution is 9.10. The van der Waals surface area contributed by atoms with Crippen LogP contribution in [0.1, 0.15) is 24.4 Å². The summed E-state index contributed by atoms with van der Waals surface area (Å²) in [4.78, 5) is 0. The fourth-order valence-corrected chi connectivity index (χ4v) is 2.86. The fourth-order valence-electron chi connectivity index (χ4n) is 2.07. The van der Waals surface area contributed by atoms with E-state index in [0.29, 0.717) is 0 Å². The molecule has 0 aromatic heterocycles. The van der Waals surface area contributed by atoms with Gasteiger partial charge in [-0.15, -0.1) is 0 Å². The third kappa shape index (κ3) is 3.03. The Hall–Kier alpha value is -0.510. The van der Waals surface area contributed by atoms with Crippen LogP contribution in [-0.4, -0.2) is 13.7 Å². The molecule has 0 amide bonds. The number of ether oxygens (including phenoxy) is 1. The van der Waals surface area contributed by atoms with E-state index in [9.17, 15) is 0 Å². The van der Waals surface area contributed by atoms with Gasteiger partial charge in [-0.05, 0) is 43.2 Å². The molecular formula is C13H15BrClNO. The lowest BCUT2D eigenvalue weighted by Gasteiger charge is -2.24. The molecular weight excluding hydrogens is 302 g/mol. The first-order chi connectivity index (χ1) is 8.22. The largest absolute Gasteiger partial charge is 0.501 e. The zero-order valence-electron chi connectivity index (χ0n) is 9.67. The van der Waals surface area contributed by atoms with E-state index in [1.807, 2.05) is 31.5 Å². The molecule has 2 rings (SSSR count). The summed E-state index contributed by atoms with van der Waals surface area (Å²) in [5, 5.41) is 4.07. The smallest absolute Gasteiger partial charge is 0.0876 e. The Labute approximate surface area is 115 Å². The topological polar surface area (TPSA) is 21.3 Å². The highest BCUT2D eigenvalue weighted by Gasteiger charge is 2.19. The van der Waals surface area contributed by atoms with Gasteiger partial charge in [0.05, 0.1) is 18.9 Å². The van der Waals surface area contributed by atoms with Crippen molar-refractivity contribution in [1.82, 2.24) is 5.32 Å². The predicted molar refractivity (Wildman–Crippen MR) is 74.2 cm³/mol. The van der Waals surface area contributed by atoms with Crippen molar-refractivity contribution in [1.29, 1.82) is 0 Å². The van der Waals surface area contributed by atoms with Gasteiger partial charge in [-0.2, -0.15) is 0 Å². The van der Waals surface area contributed by atoms with Crippen LogP contribution in [0.15, 0.2) is 34.5 Å². The van der Waals surface area contributed by atoms with Crippen LogP contribution in [0.25, 0.3) is 0 Å². The van der Waals surface area contributed by atoms with Crippen LogP contribution in [0, 0.1) is 0 Å². The predicted octanol–water partition coefficient (Wildman–Crippen LogP) is 4.06. The van der Waals surface area contributed by atoms with Gasteiger partial charge in [0.1, 0.15) is 0 Å². The second-order valence-corrected chi connectivity index (χ2v) is 5.38. The Balaban J connectivity index is 2.31. The van der Waals surface area contributed by atoms with Crippen molar-refractivity contribution in [3.63, 3.8) is 0 Å². The van der Waals surface area contributed by atoms with E-state index in [2.05, 4.69) is 21.2 Å². The molecule has 17 heavy (non-hydrogen) atoms. The number of hydrogen-bond donors (Lipinski definition) is 1. The van der Waals surface area contributed by atoms with Gasteiger partial charge in [0.15, 0.2) is 0 Å². The van der Waals surface area contributed by atoms with Crippen molar-refractivity contribution in [3.05, 3.63) is 45.1 Å². The molecule has 1 aromatic carbocycles. The Bertz CT molecular complexity index is 433. The summed E-state index contributed by atoms with van der Waals surface area (Å²) in [6, 6.07) is 6.11. The van der Waals surface area contributed by atoms with E-state index in [4.69, 9.17) is 16.3 Å². The molecule has 1 unspecified atom stereocenters. The quantitative estimate of drug-likeness (QED) is 0.908. The molecule has 1 aliphatic heterocycles. The maximum Gasteiger partial charge on any atom is 0.0876 e. The molecule has 92 valence electrons. The molecule has 0 bridgehead atoms. The summed E-state index contributed by atoms with van der Waals surface area (Å²) in [7, 11) is 1.94. The van der Waals surface area contributed by atoms with Gasteiger partial charge in [0, 0.05) is 9.50 Å². The van der Waals surface area contributed by atoms with Gasteiger partial charge in [0.25, 0.3) is 0 Å². The summed E-state index contributed by atoms with van der Waals surface area (Å²) >= 11 is 9.70. The van der Waals surface area contributed by atoms with Crippen LogP contribution >= 0.6 is 27.5 Å². The first-order valence-electron chi connectivity index (χ1n) is 5.65. The summed E-state index contributed by atoms with van der Waals surface area (Å²) in [6.07, 6.45) is 3.99. The maximum absolute atomic E-state index is 6.28. The van der Waals surface area contributed by atoms with E-state index >= 15 is 0 Å². The van der Waals surface area contributed by atoms with E-state index in [-0.39, 0.29) is 6.04 Å². The summed E-state index contributed by atoms with van der Waals surface area (Å²) in [5.74, 6) is 0. The summed E-state index contributed by atoms with van der Waals surface area (Å²) in [6.45, 7) is 0.813. The van der Waals surface area contributed by atoms with Crippen LogP contribution in [0.4, 0.5) is 0 Å². The number of hydrogen-bond acceptors (Lipinski definition) is 2. The van der Waals surface area contributed by atoms with E-state index in [1.165, 1.54) is 5.57 Å². The molecule has 1 heterocycles. The molecule has 1 aromatic rings. The molecule has 2 nitrogen and oxygen atoms in total. The molecule has 0 radical (unpaired) electrons. The second-order valence-electron chi connectivity index (χ2n) is 4.05. The molecule has 0 saturated carbocycles. The Kier molecular flexibility index (Phi) is 4.48. The van der Waals surface area contributed by atoms with Crippen molar-refractivity contribution in [2.45, 2.75) is 18.9 Å². The number of likely N-dealkylation sites (N-methyl/N-ethyl adjacent to an activating group) is 1. The normalized spacial score (nSPS) is 17.2. The summed E-state index contributed by atoms with van der Waals surface area (Å²) in [5.41, 5.74) is 2.34. The van der Waals surface area contributed by atoms with Gasteiger partial charge in [0.2, 0.25) is 0 Å². The van der Waals surface area contributed by atoms with Gasteiger partial charge < -0.3 is 10.1 Å². The van der Waals surface area contributed by atoms with Gasteiger partial charge in [-0.3, -0.25) is 0 Å². The SMILES string of the molecule is CNC(C1=COCCC1)c1ccc(Br)cc1Cl. The average molecular weight is 317 g/mol. The van der Waals surface area contributed by atoms with Crippen LogP contribution in [0.3, 0.4) is 0 Å². The van der Waals surface area contributed by atoms with Crippen molar-refractivity contribution >= 4 is 27.5 Å². The zero-order chi connectivity index (χ0) is 12.3. The van der Waals surface area contributed by atoms with Crippen LogP contribution in [-0.2, 0) is 4.74 Å². The second kappa shape index (κ2) is 5.89. The molecule has 1 aliphatic rings. The molecule has 1 atom stereocenters. The van der Waals surface area contributed by atoms with E-state index < -0.39 is 0 Å². The van der Waals surface area contributed by atoms with Crippen molar-refractivity contribution in [2.75, 3.05) is 13.7 Å². The zero-order valence-corrected chi connectivity index (χ0v) is 12.0. The van der Waals surface area contributed by atoms with Crippen molar-refractivity contribution < 1.29 is 4.74 Å². The van der Waals surface area contributed by atoms with Crippen LogP contribution < -0.4 is 5.32 Å². The lowest BCUT2D eigenvalue weighted by molar-refractivity contribution is 0.220. The number of rotatable bonds is 3. The molecule has 0 saturated heterocycles. The maximum atomic E-state index is 6.28. The van der Waals surface area contributed by atoms with E-state index in [0.717, 1.165) is 34.5 Å². The minimum Gasteiger partial charge on any atom is -0.501 e. The first-order valence-corrected chi connectivity index (χ1v) is 6.82. The van der Waals surface area contributed by atoms with Gasteiger partial charge in [-0.25, -0.2) is 0 Å². The first kappa shape index (κ1) is 12.9. The third-order valence-electron chi connectivity index (χ3n) is 2.90. The van der Waals surface area contributed by atoms with Crippen molar-refractivity contribution in [2.24, 2.45) is 0 Å². The molecule has 1 N–H and O–H groups in total. The average Bonchev–Trinajstić information content (AvgIpc) is 2.34. The number of nitrogens with one attached hydrogen (secondary N) is 1. The molecule has 0 fully saturated rings. The lowest BCUT2D eigenvalue weighted by Crippen LogP contribution is -2.21. The van der Waals surface area contributed by atoms with Crippen molar-refractivity contribution in [3.8, 4) is 0 Å². The lowest BCUT2D eigenvalue weighted by atomic mass is 9.95. The molecule has 0 spiro atoms. The Morgan fingerprint density at radius 3 is 2.88 bits per heavy atom. The third-order valence-corrected chi connectivity index (χ3v) is 3.72. The number of halogens is 2. The molecule has 4 heteroatoms. The minimum atomic E-state index is 0.135. The highest BCUT2D eigenvalue weighted by Crippen LogP contribution is 2.33. The van der Waals surface area contributed by atoms with Crippen LogP contribution in [0.5, 0.6) is 0 Å². The van der Waals surface area contributed by atoms with E-state index in [1.54, 1.807) is 0 Å². The molecule has 0 aliphatic carbocycles. The monoisotopic (exact) mass is 315 g/mol. The van der Waals surface area contributed by atoms with Crippen LogP contribution in [0.2, 0.25) is 5.02 Å². The number of benzene rings is 1. The minimum absolute atomic E-state index is 0.135. The summed E-state index contributed by atoms with van der Waals surface area (Å²) < 4.78 is 6.39. The Morgan fingerprint density at radius 2 is 2.29 bits per heavy atom.